The molecule has 4 aromatic rings. The second kappa shape index (κ2) is 10.7. The Labute approximate surface area is 222 Å². The lowest BCUT2D eigenvalue weighted by Crippen LogP contribution is -2.41. The van der Waals surface area contributed by atoms with Gasteiger partial charge in [-0.15, -0.1) is 0 Å². The van der Waals surface area contributed by atoms with E-state index in [1.807, 2.05) is 48.9 Å². The van der Waals surface area contributed by atoms with Gasteiger partial charge in [-0.2, -0.15) is 0 Å². The summed E-state index contributed by atoms with van der Waals surface area (Å²) in [5.41, 5.74) is 3.26. The van der Waals surface area contributed by atoms with Crippen LogP contribution in [0.5, 0.6) is 0 Å². The van der Waals surface area contributed by atoms with Gasteiger partial charge in [0.15, 0.2) is 0 Å². The van der Waals surface area contributed by atoms with Crippen molar-refractivity contribution in [1.29, 1.82) is 0 Å². The summed E-state index contributed by atoms with van der Waals surface area (Å²) in [6, 6.07) is 20.4. The first-order chi connectivity index (χ1) is 18.2. The number of halogens is 1. The number of imidazole rings is 1. The lowest BCUT2D eigenvalue weighted by Gasteiger charge is -2.29. The standard InChI is InChI=1S/C29H31FN4O3S/c1-19(20-8-12-23(30)13-9-20)31-29(35)22-10-14-24(15-11-22)33-38(36,37)25-16-17-27-26(18-25)32-28(34(27)2)21-6-4-3-5-7-21/h3-9,12-13,16-19,22,24,33H,10-11,14-15H2,1-2H3,(H,31,35)/t19-,22-,24-/m1/s1. The van der Waals surface area contributed by atoms with Gasteiger partial charge in [0.2, 0.25) is 15.9 Å². The molecule has 1 fully saturated rings. The highest BCUT2D eigenvalue weighted by Crippen LogP contribution is 2.28. The fraction of sp³-hybridized carbons (Fsp3) is 0.310. The molecule has 0 bridgehead atoms. The summed E-state index contributed by atoms with van der Waals surface area (Å²) in [6.45, 7) is 1.87. The Hall–Kier alpha value is -3.56. The Morgan fingerprint density at radius 3 is 2.37 bits per heavy atom. The topological polar surface area (TPSA) is 93.1 Å². The van der Waals surface area contributed by atoms with Crippen LogP contribution in [0.2, 0.25) is 0 Å². The smallest absolute Gasteiger partial charge is 0.240 e. The van der Waals surface area contributed by atoms with Gasteiger partial charge in [-0.1, -0.05) is 42.5 Å². The average molecular weight is 535 g/mol. The SMILES string of the molecule is C[C@@H](NC(=O)[C@H]1CC[C@H](NS(=O)(=O)c2ccc3c(c2)nc(-c2ccccc2)n3C)CC1)c1ccc(F)cc1. The van der Waals surface area contributed by atoms with E-state index in [2.05, 4.69) is 10.0 Å². The molecule has 3 aromatic carbocycles. The van der Waals surface area contributed by atoms with Crippen molar-refractivity contribution in [2.24, 2.45) is 13.0 Å². The van der Waals surface area contributed by atoms with Crippen LogP contribution in [0.3, 0.4) is 0 Å². The zero-order chi connectivity index (χ0) is 26.9. The normalized spacial score (nSPS) is 18.8. The number of hydrogen-bond acceptors (Lipinski definition) is 4. The molecule has 1 atom stereocenters. The van der Waals surface area contributed by atoms with Crippen LogP contribution in [0.25, 0.3) is 22.4 Å². The molecule has 1 aromatic heterocycles. The monoisotopic (exact) mass is 534 g/mol. The Balaban J connectivity index is 1.21. The number of nitrogens with zero attached hydrogens (tertiary/aromatic N) is 2. The van der Waals surface area contributed by atoms with Gasteiger partial charge < -0.3 is 9.88 Å². The Bertz CT molecular complexity index is 1540. The van der Waals surface area contributed by atoms with Crippen LogP contribution >= 0.6 is 0 Å². The zero-order valence-electron chi connectivity index (χ0n) is 21.4. The molecular formula is C29H31FN4O3S. The van der Waals surface area contributed by atoms with E-state index < -0.39 is 10.0 Å². The minimum atomic E-state index is -3.75. The second-order valence-corrected chi connectivity index (χ2v) is 11.7. The predicted molar refractivity (Wildman–Crippen MR) is 145 cm³/mol. The maximum Gasteiger partial charge on any atom is 0.240 e. The van der Waals surface area contributed by atoms with Gasteiger partial charge in [0, 0.05) is 24.6 Å². The summed E-state index contributed by atoms with van der Waals surface area (Å²) < 4.78 is 44.4. The Morgan fingerprint density at radius 1 is 1.00 bits per heavy atom. The van der Waals surface area contributed by atoms with E-state index in [0.717, 1.165) is 22.5 Å². The molecule has 1 saturated carbocycles. The molecule has 38 heavy (non-hydrogen) atoms. The molecule has 9 heteroatoms. The number of rotatable bonds is 7. The van der Waals surface area contributed by atoms with Gasteiger partial charge in [-0.05, 0) is 68.5 Å². The molecule has 2 N–H and O–H groups in total. The molecule has 1 amide bonds. The number of aryl methyl sites for hydroxylation is 1. The van der Waals surface area contributed by atoms with Gasteiger partial charge in [-0.3, -0.25) is 4.79 Å². The first kappa shape index (κ1) is 26.1. The van der Waals surface area contributed by atoms with Crippen molar-refractivity contribution in [1.82, 2.24) is 19.6 Å². The van der Waals surface area contributed by atoms with Crippen LogP contribution in [-0.2, 0) is 21.9 Å². The number of hydrogen-bond donors (Lipinski definition) is 2. The first-order valence-corrected chi connectivity index (χ1v) is 14.3. The van der Waals surface area contributed by atoms with Crippen LogP contribution in [0.15, 0.2) is 77.7 Å². The lowest BCUT2D eigenvalue weighted by molar-refractivity contribution is -0.126. The van der Waals surface area contributed by atoms with E-state index in [1.165, 1.54) is 12.1 Å². The number of carbonyl (C=O) groups excluding carboxylic acids is 1. The third-order valence-corrected chi connectivity index (χ3v) is 8.86. The summed E-state index contributed by atoms with van der Waals surface area (Å²) in [7, 11) is -1.83. The molecule has 1 aliphatic carbocycles. The summed E-state index contributed by atoms with van der Waals surface area (Å²) in [6.07, 6.45) is 2.34. The summed E-state index contributed by atoms with van der Waals surface area (Å²) in [5, 5.41) is 3.00. The number of fused-ring (bicyclic) bond motifs is 1. The van der Waals surface area contributed by atoms with Gasteiger partial charge in [0.1, 0.15) is 11.6 Å². The number of benzene rings is 3. The number of nitrogens with one attached hydrogen (secondary N) is 2. The van der Waals surface area contributed by atoms with E-state index in [4.69, 9.17) is 4.98 Å². The molecule has 0 spiro atoms. The third-order valence-electron chi connectivity index (χ3n) is 7.34. The number of sulfonamides is 1. The average Bonchev–Trinajstić information content (AvgIpc) is 3.25. The predicted octanol–water partition coefficient (Wildman–Crippen LogP) is 5.09. The molecule has 1 heterocycles. The molecule has 0 aliphatic heterocycles. The van der Waals surface area contributed by atoms with Gasteiger partial charge in [-0.25, -0.2) is 22.5 Å². The van der Waals surface area contributed by atoms with Gasteiger partial charge >= 0.3 is 0 Å². The summed E-state index contributed by atoms with van der Waals surface area (Å²) >= 11 is 0. The second-order valence-electron chi connectivity index (χ2n) is 9.96. The molecule has 5 rings (SSSR count). The minimum absolute atomic E-state index is 0.0574. The molecular weight excluding hydrogens is 503 g/mol. The molecule has 1 aliphatic rings. The van der Waals surface area contributed by atoms with Crippen LogP contribution in [0.1, 0.15) is 44.2 Å². The zero-order valence-corrected chi connectivity index (χ0v) is 22.2. The van der Waals surface area contributed by atoms with Crippen LogP contribution in [0, 0.1) is 11.7 Å². The van der Waals surface area contributed by atoms with Crippen molar-refractivity contribution in [3.05, 3.63) is 84.2 Å². The quantitative estimate of drug-likeness (QED) is 0.345. The highest BCUT2D eigenvalue weighted by molar-refractivity contribution is 7.89. The molecule has 198 valence electrons. The fourth-order valence-electron chi connectivity index (χ4n) is 5.12. The minimum Gasteiger partial charge on any atom is -0.349 e. The Kier molecular flexibility index (Phi) is 7.32. The first-order valence-electron chi connectivity index (χ1n) is 12.8. The van der Waals surface area contributed by atoms with Crippen LogP contribution in [-0.4, -0.2) is 29.9 Å². The van der Waals surface area contributed by atoms with E-state index in [1.54, 1.807) is 30.3 Å². The number of amides is 1. The van der Waals surface area contributed by atoms with Crippen LogP contribution < -0.4 is 10.0 Å². The third kappa shape index (κ3) is 5.49. The summed E-state index contributed by atoms with van der Waals surface area (Å²) in [5.74, 6) is 0.219. The fourth-order valence-corrected chi connectivity index (χ4v) is 6.44. The van der Waals surface area contributed by atoms with E-state index in [9.17, 15) is 17.6 Å². The van der Waals surface area contributed by atoms with Crippen molar-refractivity contribution < 1.29 is 17.6 Å². The highest BCUT2D eigenvalue weighted by atomic mass is 32.2. The molecule has 0 radical (unpaired) electrons. The number of carbonyl (C=O) groups is 1. The van der Waals surface area contributed by atoms with Crippen molar-refractivity contribution in [2.75, 3.05) is 0 Å². The van der Waals surface area contributed by atoms with Crippen LogP contribution in [0.4, 0.5) is 4.39 Å². The maximum atomic E-state index is 13.2. The van der Waals surface area contributed by atoms with Crippen molar-refractivity contribution in [3.63, 3.8) is 0 Å². The lowest BCUT2D eigenvalue weighted by atomic mass is 9.85. The Morgan fingerprint density at radius 2 is 1.68 bits per heavy atom. The largest absolute Gasteiger partial charge is 0.349 e. The van der Waals surface area contributed by atoms with Crippen molar-refractivity contribution in [3.8, 4) is 11.4 Å². The number of aromatic nitrogens is 2. The molecule has 7 nitrogen and oxygen atoms in total. The van der Waals surface area contributed by atoms with Gasteiger partial charge in [0.05, 0.1) is 22.0 Å². The van der Waals surface area contributed by atoms with Crippen molar-refractivity contribution >= 4 is 27.0 Å². The molecule has 0 saturated heterocycles. The maximum absolute atomic E-state index is 13.2. The summed E-state index contributed by atoms with van der Waals surface area (Å²) in [4.78, 5) is 17.7. The van der Waals surface area contributed by atoms with E-state index in [0.29, 0.717) is 31.2 Å². The highest BCUT2D eigenvalue weighted by Gasteiger charge is 2.30. The van der Waals surface area contributed by atoms with Gasteiger partial charge in [0.25, 0.3) is 0 Å². The molecule has 0 unspecified atom stereocenters. The van der Waals surface area contributed by atoms with E-state index >= 15 is 0 Å². The van der Waals surface area contributed by atoms with Crippen molar-refractivity contribution in [2.45, 2.75) is 49.6 Å². The van der Waals surface area contributed by atoms with E-state index in [-0.39, 0.29) is 34.6 Å².